The topological polar surface area (TPSA) is 90.3 Å². The third-order valence-corrected chi connectivity index (χ3v) is 15.9. The Morgan fingerprint density at radius 1 is 0.829 bits per heavy atom. The van der Waals surface area contributed by atoms with E-state index >= 15 is 0 Å². The summed E-state index contributed by atoms with van der Waals surface area (Å²) in [6.07, 6.45) is -2.25. The molecule has 2 N–H and O–H groups in total. The lowest BCUT2D eigenvalue weighted by molar-refractivity contribution is -0.132. The maximum Gasteiger partial charge on any atom is 0.230 e. The molecule has 0 unspecified atom stereocenters. The highest BCUT2D eigenvalue weighted by atomic mass is 32.2. The number of aliphatic hydroxyl groups is 2. The molecule has 12 heteroatoms. The highest BCUT2D eigenvalue weighted by molar-refractivity contribution is 8.23. The molecule has 0 aromatic heterocycles. The van der Waals surface area contributed by atoms with Gasteiger partial charge in [-0.05, 0) is 41.8 Å². The van der Waals surface area contributed by atoms with E-state index in [1.165, 1.54) is 23.5 Å². The van der Waals surface area contributed by atoms with Gasteiger partial charge in [0.2, 0.25) is 11.8 Å². The fourth-order valence-corrected chi connectivity index (χ4v) is 9.71. The van der Waals surface area contributed by atoms with Gasteiger partial charge in [-0.15, -0.1) is 0 Å². The van der Waals surface area contributed by atoms with E-state index in [9.17, 15) is 19.8 Å². The number of carbonyl (C=O) groups is 2. The molecule has 0 aromatic rings. The van der Waals surface area contributed by atoms with Gasteiger partial charge in [0.05, 0.1) is 37.1 Å². The average Bonchev–Trinajstić information content (AvgIpc) is 3.34. The quantitative estimate of drug-likeness (QED) is 0.209. The number of carbonyl (C=O) groups excluding carboxylic acids is 2. The summed E-state index contributed by atoms with van der Waals surface area (Å²) in [6.45, 7) is 23.2. The number of nitrogens with zero attached hydrogens (tertiary/aromatic N) is 2. The zero-order valence-corrected chi connectivity index (χ0v) is 31.0. The zero-order valence-electron chi connectivity index (χ0n) is 26.8. The Morgan fingerprint density at radius 3 is 1.46 bits per heavy atom. The third-order valence-electron chi connectivity index (χ3n) is 8.44. The van der Waals surface area contributed by atoms with Crippen molar-refractivity contribution in [3.8, 4) is 0 Å². The number of hydrogen-bond donors (Lipinski definition) is 2. The lowest BCUT2D eigenvalue weighted by Crippen LogP contribution is -2.48. The summed E-state index contributed by atoms with van der Waals surface area (Å²) in [7, 11) is -2.29. The van der Waals surface area contributed by atoms with Crippen molar-refractivity contribution < 1.29 is 24.2 Å². The molecule has 0 aliphatic carbocycles. The second-order valence-electron chi connectivity index (χ2n) is 15.1. The minimum Gasteiger partial charge on any atom is -0.414 e. The van der Waals surface area contributed by atoms with Gasteiger partial charge in [-0.1, -0.05) is 110 Å². The molecule has 2 aliphatic rings. The maximum absolute atomic E-state index is 13.3. The first-order chi connectivity index (χ1) is 18.5. The Balaban J connectivity index is 2.15. The predicted octanol–water partition coefficient (Wildman–Crippen LogP) is 6.21. The van der Waals surface area contributed by atoms with Crippen LogP contribution in [0.15, 0.2) is 0 Å². The molecule has 0 bridgehead atoms. The number of aliphatic hydroxyl groups excluding tert-OH is 2. The molecule has 0 spiro atoms. The number of thioether (sulfide) groups is 2. The Bertz CT molecular complexity index is 925. The SMILES string of the molecule is CC(C)(C)[C@H]1CSC(=S)N1C(=O)C[C@H](O)CC(C[C@@H](O)CC(=O)N1C(=S)SC[C@@H]1C(C)(C)C)O[Si](C)(C)C(C)(C)C. The molecule has 2 fully saturated rings. The van der Waals surface area contributed by atoms with E-state index in [0.717, 1.165) is 11.5 Å². The molecule has 2 saturated heterocycles. The molecule has 0 aromatic carbocycles. The third kappa shape index (κ3) is 9.96. The van der Waals surface area contributed by atoms with Crippen molar-refractivity contribution in [3.63, 3.8) is 0 Å². The van der Waals surface area contributed by atoms with Crippen LogP contribution in [0.1, 0.15) is 88.0 Å². The van der Waals surface area contributed by atoms with Gasteiger partial charge in [0.1, 0.15) is 8.64 Å². The van der Waals surface area contributed by atoms with E-state index in [1.54, 1.807) is 9.80 Å². The highest BCUT2D eigenvalue weighted by Crippen LogP contribution is 2.40. The van der Waals surface area contributed by atoms with Gasteiger partial charge in [0, 0.05) is 17.6 Å². The summed E-state index contributed by atoms with van der Waals surface area (Å²) in [6, 6.07) is -0.0582. The van der Waals surface area contributed by atoms with Crippen molar-refractivity contribution in [2.45, 2.75) is 137 Å². The summed E-state index contributed by atoms with van der Waals surface area (Å²) < 4.78 is 7.77. The van der Waals surface area contributed by atoms with Gasteiger partial charge in [-0.3, -0.25) is 19.4 Å². The minimum absolute atomic E-state index is 0.0291. The highest BCUT2D eigenvalue weighted by Gasteiger charge is 2.44. The molecule has 41 heavy (non-hydrogen) atoms. The van der Waals surface area contributed by atoms with Gasteiger partial charge in [0.15, 0.2) is 8.32 Å². The number of hydrogen-bond acceptors (Lipinski definition) is 9. The number of rotatable bonds is 10. The second kappa shape index (κ2) is 13.9. The first kappa shape index (κ1) is 37.1. The van der Waals surface area contributed by atoms with Crippen LogP contribution in [-0.4, -0.2) is 90.7 Å². The van der Waals surface area contributed by atoms with Crippen molar-refractivity contribution in [3.05, 3.63) is 0 Å². The van der Waals surface area contributed by atoms with Crippen LogP contribution in [0.25, 0.3) is 0 Å². The van der Waals surface area contributed by atoms with Crippen LogP contribution in [-0.2, 0) is 14.0 Å². The Morgan fingerprint density at radius 2 is 1.17 bits per heavy atom. The van der Waals surface area contributed by atoms with Crippen molar-refractivity contribution in [1.29, 1.82) is 0 Å². The van der Waals surface area contributed by atoms with Crippen LogP contribution >= 0.6 is 48.0 Å². The number of amides is 2. The van der Waals surface area contributed by atoms with E-state index in [0.29, 0.717) is 8.64 Å². The van der Waals surface area contributed by atoms with E-state index in [4.69, 9.17) is 28.9 Å². The van der Waals surface area contributed by atoms with Crippen LogP contribution in [0.5, 0.6) is 0 Å². The fourth-order valence-electron chi connectivity index (χ4n) is 4.83. The molecule has 2 amide bonds. The minimum atomic E-state index is -2.29. The standard InChI is InChI=1S/C29H52N2O5S4Si/c1-27(2,3)21-16-39-25(37)30(21)23(34)14-18(32)12-20(36-41(10,11)29(7,8)9)13-19(33)15-24(35)31-22(28(4,5)6)17-40-26(31)38/h18-22,32-33H,12-17H2,1-11H3/t18-,19-,21-,22-/m1/s1. The average molecular weight is 665 g/mol. The van der Waals surface area contributed by atoms with E-state index in [2.05, 4.69) is 75.4 Å². The monoisotopic (exact) mass is 664 g/mol. The van der Waals surface area contributed by atoms with Crippen molar-refractivity contribution in [1.82, 2.24) is 9.80 Å². The summed E-state index contributed by atoms with van der Waals surface area (Å²) in [5, 5.41) is 22.1. The summed E-state index contributed by atoms with van der Waals surface area (Å²) >= 11 is 14.0. The Hall–Kier alpha value is -0.0831. The zero-order chi connectivity index (χ0) is 31.7. The van der Waals surface area contributed by atoms with Gasteiger partial charge in [-0.2, -0.15) is 0 Å². The summed E-state index contributed by atoms with van der Waals surface area (Å²) in [5.41, 5.74) is -0.276. The Labute approximate surface area is 268 Å². The second-order valence-corrected chi connectivity index (χ2v) is 23.2. The van der Waals surface area contributed by atoms with E-state index in [1.807, 2.05) is 0 Å². The van der Waals surface area contributed by atoms with E-state index in [-0.39, 0.29) is 65.4 Å². The largest absolute Gasteiger partial charge is 0.414 e. The van der Waals surface area contributed by atoms with Crippen LogP contribution < -0.4 is 0 Å². The molecular formula is C29H52N2O5S4Si. The van der Waals surface area contributed by atoms with E-state index < -0.39 is 26.6 Å². The molecule has 2 aliphatic heterocycles. The van der Waals surface area contributed by atoms with Crippen LogP contribution in [0.2, 0.25) is 18.1 Å². The van der Waals surface area contributed by atoms with Crippen molar-refractivity contribution in [2.75, 3.05) is 11.5 Å². The molecule has 7 nitrogen and oxygen atoms in total. The van der Waals surface area contributed by atoms with Crippen LogP contribution in [0.3, 0.4) is 0 Å². The molecular weight excluding hydrogens is 613 g/mol. The van der Waals surface area contributed by atoms with Crippen molar-refractivity contribution in [2.24, 2.45) is 10.8 Å². The summed E-state index contributed by atoms with van der Waals surface area (Å²) in [5.74, 6) is 1.11. The molecule has 0 radical (unpaired) electrons. The van der Waals surface area contributed by atoms with Crippen LogP contribution in [0, 0.1) is 10.8 Å². The molecule has 0 saturated carbocycles. The smallest absolute Gasteiger partial charge is 0.230 e. The van der Waals surface area contributed by atoms with Gasteiger partial charge in [-0.25, -0.2) is 0 Å². The summed E-state index contributed by atoms with van der Waals surface area (Å²) in [4.78, 5) is 30.0. The van der Waals surface area contributed by atoms with Gasteiger partial charge in [0.25, 0.3) is 0 Å². The van der Waals surface area contributed by atoms with Gasteiger partial charge >= 0.3 is 0 Å². The Kier molecular flexibility index (Phi) is 12.6. The van der Waals surface area contributed by atoms with Crippen molar-refractivity contribution >= 4 is 76.7 Å². The molecule has 2 heterocycles. The number of thiocarbonyl (C=S) groups is 2. The fraction of sp³-hybridized carbons (Fsp3) is 0.862. The molecule has 4 atom stereocenters. The van der Waals surface area contributed by atoms with Crippen LogP contribution in [0.4, 0.5) is 0 Å². The first-order valence-electron chi connectivity index (χ1n) is 14.5. The maximum atomic E-state index is 13.3. The predicted molar refractivity (Wildman–Crippen MR) is 183 cm³/mol. The lowest BCUT2D eigenvalue weighted by atomic mass is 9.86. The molecule has 2 rings (SSSR count). The normalized spacial score (nSPS) is 22.6. The lowest BCUT2D eigenvalue weighted by Gasteiger charge is -2.40. The van der Waals surface area contributed by atoms with Gasteiger partial charge < -0.3 is 14.6 Å². The molecule has 236 valence electrons. The first-order valence-corrected chi connectivity index (χ1v) is 20.2.